The maximum atomic E-state index is 12.7. The number of thiophene rings is 1. The number of aryl methyl sites for hydroxylation is 1. The third-order valence-electron chi connectivity index (χ3n) is 3.80. The van der Waals surface area contributed by atoms with E-state index in [0.717, 1.165) is 16.3 Å². The molecular formula is C17H20N2O2S. The summed E-state index contributed by atoms with van der Waals surface area (Å²) < 4.78 is 5.69. The molecule has 0 aliphatic carbocycles. The Kier molecular flexibility index (Phi) is 4.27. The van der Waals surface area contributed by atoms with Crippen molar-refractivity contribution >= 4 is 17.2 Å². The highest BCUT2D eigenvalue weighted by Gasteiger charge is 2.27. The minimum atomic E-state index is 0.0460. The van der Waals surface area contributed by atoms with Gasteiger partial charge in [0.25, 0.3) is 5.91 Å². The molecule has 2 aromatic heterocycles. The molecule has 1 aliphatic rings. The molecule has 3 rings (SSSR count). The molecule has 1 fully saturated rings. The minimum absolute atomic E-state index is 0.0460. The average molecular weight is 316 g/mol. The first kappa shape index (κ1) is 15.2. The number of ether oxygens (including phenoxy) is 1. The van der Waals surface area contributed by atoms with E-state index in [0.29, 0.717) is 18.7 Å². The molecule has 1 aliphatic heterocycles. The number of carbonyl (C=O) groups excluding carboxylic acids is 1. The molecule has 116 valence electrons. The first-order valence-electron chi connectivity index (χ1n) is 7.51. The molecule has 3 heterocycles. The summed E-state index contributed by atoms with van der Waals surface area (Å²) in [5, 5.41) is 2.03. The summed E-state index contributed by atoms with van der Waals surface area (Å²) >= 11 is 1.65. The highest BCUT2D eigenvalue weighted by atomic mass is 32.1. The lowest BCUT2D eigenvalue weighted by molar-refractivity contribution is -0.0586. The molecule has 22 heavy (non-hydrogen) atoms. The highest BCUT2D eigenvalue weighted by molar-refractivity contribution is 7.13. The number of rotatable bonds is 2. The number of nitrogens with zero attached hydrogens (tertiary/aromatic N) is 2. The van der Waals surface area contributed by atoms with E-state index in [9.17, 15) is 4.79 Å². The fourth-order valence-electron chi connectivity index (χ4n) is 2.86. The zero-order chi connectivity index (χ0) is 15.7. The zero-order valence-electron chi connectivity index (χ0n) is 13.1. The van der Waals surface area contributed by atoms with Crippen LogP contribution in [0.3, 0.4) is 0 Å². The van der Waals surface area contributed by atoms with Gasteiger partial charge in [0.1, 0.15) is 0 Å². The average Bonchev–Trinajstić information content (AvgIpc) is 2.99. The van der Waals surface area contributed by atoms with Crippen LogP contribution in [0.5, 0.6) is 0 Å². The molecule has 0 radical (unpaired) electrons. The number of amides is 1. The fourth-order valence-corrected chi connectivity index (χ4v) is 3.56. The van der Waals surface area contributed by atoms with Crippen LogP contribution in [0.15, 0.2) is 29.6 Å². The number of morpholine rings is 1. The van der Waals surface area contributed by atoms with Crippen LogP contribution in [0.4, 0.5) is 0 Å². The van der Waals surface area contributed by atoms with Gasteiger partial charge in [0, 0.05) is 13.1 Å². The fraction of sp³-hybridized carbons (Fsp3) is 0.412. The maximum absolute atomic E-state index is 12.7. The standard InChI is InChI=1S/C17H20N2O2S/c1-11-9-19(10-12(2)21-11)17(20)14-6-7-15(18-13(14)3)16-5-4-8-22-16/h4-8,11-12H,9-10H2,1-3H3. The second-order valence-electron chi connectivity index (χ2n) is 5.77. The zero-order valence-corrected chi connectivity index (χ0v) is 13.9. The minimum Gasteiger partial charge on any atom is -0.372 e. The molecule has 0 saturated carbocycles. The van der Waals surface area contributed by atoms with Gasteiger partial charge in [0.2, 0.25) is 0 Å². The van der Waals surface area contributed by atoms with E-state index in [-0.39, 0.29) is 18.1 Å². The first-order valence-corrected chi connectivity index (χ1v) is 8.39. The monoisotopic (exact) mass is 316 g/mol. The van der Waals surface area contributed by atoms with Gasteiger partial charge in [-0.3, -0.25) is 9.78 Å². The normalized spacial score (nSPS) is 21.9. The van der Waals surface area contributed by atoms with Gasteiger partial charge in [-0.25, -0.2) is 0 Å². The van der Waals surface area contributed by atoms with Crippen molar-refractivity contribution in [3.05, 3.63) is 40.9 Å². The number of aromatic nitrogens is 1. The Balaban J connectivity index is 1.84. The third-order valence-corrected chi connectivity index (χ3v) is 4.69. The molecule has 0 aromatic carbocycles. The molecule has 4 nitrogen and oxygen atoms in total. The molecule has 2 aromatic rings. The highest BCUT2D eigenvalue weighted by Crippen LogP contribution is 2.24. The number of hydrogen-bond acceptors (Lipinski definition) is 4. The Labute approximate surface area is 134 Å². The number of hydrogen-bond donors (Lipinski definition) is 0. The predicted molar refractivity (Wildman–Crippen MR) is 88.2 cm³/mol. The lowest BCUT2D eigenvalue weighted by Crippen LogP contribution is -2.48. The van der Waals surface area contributed by atoms with Crippen molar-refractivity contribution in [3.8, 4) is 10.6 Å². The van der Waals surface area contributed by atoms with E-state index >= 15 is 0 Å². The summed E-state index contributed by atoms with van der Waals surface area (Å²) in [6, 6.07) is 7.87. The van der Waals surface area contributed by atoms with Crippen LogP contribution in [0, 0.1) is 6.92 Å². The van der Waals surface area contributed by atoms with E-state index in [1.807, 2.05) is 55.3 Å². The van der Waals surface area contributed by atoms with Crippen molar-refractivity contribution in [2.75, 3.05) is 13.1 Å². The summed E-state index contributed by atoms with van der Waals surface area (Å²) in [6.45, 7) is 7.17. The first-order chi connectivity index (χ1) is 10.5. The molecule has 0 spiro atoms. The van der Waals surface area contributed by atoms with E-state index in [4.69, 9.17) is 4.74 Å². The summed E-state index contributed by atoms with van der Waals surface area (Å²) in [5.41, 5.74) is 2.39. The van der Waals surface area contributed by atoms with Crippen molar-refractivity contribution < 1.29 is 9.53 Å². The van der Waals surface area contributed by atoms with E-state index in [1.54, 1.807) is 11.3 Å². The van der Waals surface area contributed by atoms with E-state index < -0.39 is 0 Å². The van der Waals surface area contributed by atoms with Gasteiger partial charge >= 0.3 is 0 Å². The van der Waals surface area contributed by atoms with Gasteiger partial charge in [0.15, 0.2) is 0 Å². The van der Waals surface area contributed by atoms with E-state index in [2.05, 4.69) is 4.98 Å². The van der Waals surface area contributed by atoms with Gasteiger partial charge < -0.3 is 9.64 Å². The van der Waals surface area contributed by atoms with Crippen LogP contribution in [0.2, 0.25) is 0 Å². The van der Waals surface area contributed by atoms with Crippen molar-refractivity contribution in [1.29, 1.82) is 0 Å². The summed E-state index contributed by atoms with van der Waals surface area (Å²) in [7, 11) is 0. The van der Waals surface area contributed by atoms with Crippen LogP contribution >= 0.6 is 11.3 Å². The molecular weight excluding hydrogens is 296 g/mol. The Bertz CT molecular complexity index is 659. The van der Waals surface area contributed by atoms with Crippen molar-refractivity contribution in [2.45, 2.75) is 33.0 Å². The topological polar surface area (TPSA) is 42.4 Å². The van der Waals surface area contributed by atoms with Crippen molar-refractivity contribution in [2.24, 2.45) is 0 Å². The van der Waals surface area contributed by atoms with Crippen LogP contribution in [-0.2, 0) is 4.74 Å². The number of pyridine rings is 1. The SMILES string of the molecule is Cc1nc(-c2cccs2)ccc1C(=O)N1CC(C)OC(C)C1. The van der Waals surface area contributed by atoms with Crippen LogP contribution in [-0.4, -0.2) is 41.1 Å². The van der Waals surface area contributed by atoms with Gasteiger partial charge in [-0.15, -0.1) is 11.3 Å². The Morgan fingerprint density at radius 3 is 2.59 bits per heavy atom. The lowest BCUT2D eigenvalue weighted by atomic mass is 10.1. The van der Waals surface area contributed by atoms with Gasteiger partial charge in [-0.05, 0) is 44.4 Å². The van der Waals surface area contributed by atoms with Gasteiger partial charge in [0.05, 0.1) is 34.0 Å². The second kappa shape index (κ2) is 6.18. The Hall–Kier alpha value is -1.72. The number of carbonyl (C=O) groups is 1. The smallest absolute Gasteiger partial charge is 0.255 e. The van der Waals surface area contributed by atoms with E-state index in [1.165, 1.54) is 0 Å². The van der Waals surface area contributed by atoms with Crippen molar-refractivity contribution in [3.63, 3.8) is 0 Å². The molecule has 0 N–H and O–H groups in total. The quantitative estimate of drug-likeness (QED) is 0.853. The third kappa shape index (κ3) is 3.05. The van der Waals surface area contributed by atoms with Crippen LogP contribution in [0.1, 0.15) is 29.9 Å². The molecule has 1 amide bonds. The predicted octanol–water partition coefficient (Wildman–Crippen LogP) is 3.37. The van der Waals surface area contributed by atoms with Crippen LogP contribution in [0.25, 0.3) is 10.6 Å². The molecule has 5 heteroatoms. The molecule has 2 atom stereocenters. The Morgan fingerprint density at radius 1 is 1.27 bits per heavy atom. The van der Waals surface area contributed by atoms with Crippen LogP contribution < -0.4 is 0 Å². The summed E-state index contributed by atoms with van der Waals surface area (Å²) in [6.07, 6.45) is 0.151. The largest absolute Gasteiger partial charge is 0.372 e. The summed E-state index contributed by atoms with van der Waals surface area (Å²) in [5.74, 6) is 0.0460. The maximum Gasteiger partial charge on any atom is 0.255 e. The van der Waals surface area contributed by atoms with Gasteiger partial charge in [-0.2, -0.15) is 0 Å². The van der Waals surface area contributed by atoms with Crippen molar-refractivity contribution in [1.82, 2.24) is 9.88 Å². The lowest BCUT2D eigenvalue weighted by Gasteiger charge is -2.35. The molecule has 1 saturated heterocycles. The van der Waals surface area contributed by atoms with Gasteiger partial charge in [-0.1, -0.05) is 6.07 Å². The summed E-state index contributed by atoms with van der Waals surface area (Å²) in [4.78, 5) is 20.3. The Morgan fingerprint density at radius 2 is 2.00 bits per heavy atom. The second-order valence-corrected chi connectivity index (χ2v) is 6.72. The molecule has 0 bridgehead atoms. The molecule has 2 unspecified atom stereocenters.